The molecule has 0 radical (unpaired) electrons. The second kappa shape index (κ2) is 13.3. The third kappa shape index (κ3) is 7.00. The Balaban J connectivity index is 1.18. The molecule has 1 saturated carbocycles. The average molecular weight is 577 g/mol. The summed E-state index contributed by atoms with van der Waals surface area (Å²) in [6.45, 7) is 5.70. The topological polar surface area (TPSA) is 81.5 Å². The molecule has 1 saturated heterocycles. The van der Waals surface area contributed by atoms with E-state index in [1.165, 1.54) is 37.8 Å². The number of benzene rings is 2. The van der Waals surface area contributed by atoms with Gasteiger partial charge in [-0.25, -0.2) is 4.98 Å². The molecule has 2 aliphatic rings. The molecule has 1 amide bonds. The van der Waals surface area contributed by atoms with Crippen LogP contribution in [-0.4, -0.2) is 65.0 Å². The van der Waals surface area contributed by atoms with Crippen molar-refractivity contribution in [3.05, 3.63) is 95.8 Å². The zero-order valence-electron chi connectivity index (χ0n) is 25.0. The van der Waals surface area contributed by atoms with E-state index in [9.17, 15) is 4.79 Å². The first-order chi connectivity index (χ1) is 21.1. The van der Waals surface area contributed by atoms with E-state index in [0.717, 1.165) is 56.1 Å². The largest absolute Gasteiger partial charge is 0.451 e. The number of carbonyl (C=O) groups excluding carboxylic acids is 1. The van der Waals surface area contributed by atoms with Gasteiger partial charge in [-0.15, -0.1) is 0 Å². The maximum Gasteiger partial charge on any atom is 0.289 e. The molecule has 8 nitrogen and oxygen atoms in total. The number of amides is 1. The van der Waals surface area contributed by atoms with E-state index >= 15 is 0 Å². The lowest BCUT2D eigenvalue weighted by Crippen LogP contribution is -2.47. The first-order valence-corrected chi connectivity index (χ1v) is 15.5. The molecule has 2 fully saturated rings. The SMILES string of the molecule is CN1CCN(C(=O)c2ccc(-c3ccc(N(Cc4cncn4Cc4ccc(C#N)cc4)CC4CCCCC4)cc3)o2)CC1. The zero-order valence-corrected chi connectivity index (χ0v) is 25.0. The predicted molar refractivity (Wildman–Crippen MR) is 168 cm³/mol. The summed E-state index contributed by atoms with van der Waals surface area (Å²) in [5.74, 6) is 1.75. The molecule has 0 spiro atoms. The number of carbonyl (C=O) groups is 1. The summed E-state index contributed by atoms with van der Waals surface area (Å²) in [5, 5.41) is 9.14. The number of piperazine rings is 1. The van der Waals surface area contributed by atoms with Gasteiger partial charge in [0.25, 0.3) is 5.91 Å². The molecule has 0 bridgehead atoms. The molecule has 1 aliphatic carbocycles. The quantitative estimate of drug-likeness (QED) is 0.242. The van der Waals surface area contributed by atoms with Crippen molar-refractivity contribution in [3.63, 3.8) is 0 Å². The number of furan rings is 1. The van der Waals surface area contributed by atoms with E-state index < -0.39 is 0 Å². The summed E-state index contributed by atoms with van der Waals surface area (Å²) in [6, 6.07) is 22.2. The first kappa shape index (κ1) is 28.8. The number of anilines is 1. The van der Waals surface area contributed by atoms with Crippen LogP contribution in [0.5, 0.6) is 0 Å². The highest BCUT2D eigenvalue weighted by Crippen LogP contribution is 2.30. The van der Waals surface area contributed by atoms with Gasteiger partial charge in [-0.1, -0.05) is 31.4 Å². The van der Waals surface area contributed by atoms with Crippen LogP contribution in [0.1, 0.15) is 59.5 Å². The van der Waals surface area contributed by atoms with Crippen LogP contribution >= 0.6 is 0 Å². The van der Waals surface area contributed by atoms with Gasteiger partial charge >= 0.3 is 0 Å². The Morgan fingerprint density at radius 3 is 2.44 bits per heavy atom. The van der Waals surface area contributed by atoms with E-state index in [1.54, 1.807) is 6.07 Å². The van der Waals surface area contributed by atoms with Gasteiger partial charge in [0.1, 0.15) is 5.76 Å². The molecule has 222 valence electrons. The Hall–Kier alpha value is -4.35. The molecule has 0 atom stereocenters. The number of imidazole rings is 1. The molecule has 1 aliphatic heterocycles. The maximum absolute atomic E-state index is 13.0. The summed E-state index contributed by atoms with van der Waals surface area (Å²) in [5.41, 5.74) is 5.10. The van der Waals surface area contributed by atoms with Gasteiger partial charge in [0.05, 0.1) is 30.2 Å². The van der Waals surface area contributed by atoms with Gasteiger partial charge in [-0.3, -0.25) is 4.79 Å². The fourth-order valence-corrected chi connectivity index (χ4v) is 6.25. The zero-order chi connectivity index (χ0) is 29.6. The van der Waals surface area contributed by atoms with E-state index in [1.807, 2.05) is 47.8 Å². The van der Waals surface area contributed by atoms with Crippen molar-refractivity contribution in [1.82, 2.24) is 19.4 Å². The van der Waals surface area contributed by atoms with E-state index in [4.69, 9.17) is 9.68 Å². The number of rotatable bonds is 9. The van der Waals surface area contributed by atoms with E-state index in [2.05, 4.69) is 56.7 Å². The summed E-state index contributed by atoms with van der Waals surface area (Å²) in [4.78, 5) is 24.1. The molecule has 2 aromatic heterocycles. The van der Waals surface area contributed by atoms with Crippen LogP contribution in [0.4, 0.5) is 5.69 Å². The third-order valence-corrected chi connectivity index (χ3v) is 8.91. The number of aromatic nitrogens is 2. The molecular weight excluding hydrogens is 536 g/mol. The van der Waals surface area contributed by atoms with Crippen LogP contribution in [0, 0.1) is 17.2 Å². The predicted octanol–water partition coefficient (Wildman–Crippen LogP) is 6.04. The van der Waals surface area contributed by atoms with Crippen LogP contribution in [0.2, 0.25) is 0 Å². The number of nitriles is 1. The summed E-state index contributed by atoms with van der Waals surface area (Å²) < 4.78 is 8.26. The Bertz CT molecular complexity index is 1530. The Morgan fingerprint density at radius 1 is 0.977 bits per heavy atom. The van der Waals surface area contributed by atoms with Crippen molar-refractivity contribution < 1.29 is 9.21 Å². The molecule has 0 unspecified atom stereocenters. The molecule has 8 heteroatoms. The lowest BCUT2D eigenvalue weighted by molar-refractivity contribution is 0.0633. The highest BCUT2D eigenvalue weighted by atomic mass is 16.4. The van der Waals surface area contributed by atoms with Crippen LogP contribution in [0.3, 0.4) is 0 Å². The fraction of sp³-hybridized carbons (Fsp3) is 0.400. The van der Waals surface area contributed by atoms with E-state index in [-0.39, 0.29) is 5.91 Å². The summed E-state index contributed by atoms with van der Waals surface area (Å²) in [7, 11) is 2.08. The highest BCUT2D eigenvalue weighted by molar-refractivity contribution is 5.92. The van der Waals surface area contributed by atoms with Crippen LogP contribution in [-0.2, 0) is 13.1 Å². The Morgan fingerprint density at radius 2 is 1.72 bits per heavy atom. The van der Waals surface area contributed by atoms with Crippen LogP contribution in [0.25, 0.3) is 11.3 Å². The maximum atomic E-state index is 13.0. The summed E-state index contributed by atoms with van der Waals surface area (Å²) >= 11 is 0. The third-order valence-electron chi connectivity index (χ3n) is 8.91. The summed E-state index contributed by atoms with van der Waals surface area (Å²) in [6.07, 6.45) is 10.4. The Labute approximate surface area is 254 Å². The molecule has 43 heavy (non-hydrogen) atoms. The van der Waals surface area contributed by atoms with Crippen molar-refractivity contribution >= 4 is 11.6 Å². The van der Waals surface area contributed by atoms with Crippen molar-refractivity contribution in [2.24, 2.45) is 5.92 Å². The second-order valence-electron chi connectivity index (χ2n) is 12.0. The molecule has 4 aromatic rings. The first-order valence-electron chi connectivity index (χ1n) is 15.5. The van der Waals surface area contributed by atoms with Gasteiger partial charge < -0.3 is 23.7 Å². The van der Waals surface area contributed by atoms with Gasteiger partial charge in [-0.05, 0) is 79.9 Å². The molecule has 3 heterocycles. The lowest BCUT2D eigenvalue weighted by atomic mass is 9.89. The van der Waals surface area contributed by atoms with Crippen molar-refractivity contribution in [3.8, 4) is 17.4 Å². The lowest BCUT2D eigenvalue weighted by Gasteiger charge is -2.32. The molecular formula is C35H40N6O2. The molecule has 0 N–H and O–H groups in total. The minimum Gasteiger partial charge on any atom is -0.451 e. The number of nitrogens with zero attached hydrogens (tertiary/aromatic N) is 6. The van der Waals surface area contributed by atoms with Crippen LogP contribution in [0.15, 0.2) is 77.6 Å². The van der Waals surface area contributed by atoms with Gasteiger partial charge in [0, 0.05) is 56.7 Å². The van der Waals surface area contributed by atoms with Gasteiger partial charge in [0.15, 0.2) is 5.76 Å². The van der Waals surface area contributed by atoms with E-state index in [0.29, 0.717) is 29.5 Å². The highest BCUT2D eigenvalue weighted by Gasteiger charge is 2.24. The minimum absolute atomic E-state index is 0.0350. The molecule has 2 aromatic carbocycles. The van der Waals surface area contributed by atoms with Crippen molar-refractivity contribution in [2.75, 3.05) is 44.7 Å². The minimum atomic E-state index is -0.0350. The fourth-order valence-electron chi connectivity index (χ4n) is 6.25. The van der Waals surface area contributed by atoms with Crippen molar-refractivity contribution in [2.45, 2.75) is 45.2 Å². The van der Waals surface area contributed by atoms with Gasteiger partial charge in [-0.2, -0.15) is 5.26 Å². The molecule has 6 rings (SSSR count). The average Bonchev–Trinajstić information content (AvgIpc) is 3.72. The Kier molecular flexibility index (Phi) is 8.90. The smallest absolute Gasteiger partial charge is 0.289 e. The normalized spacial score (nSPS) is 16.2. The number of likely N-dealkylation sites (N-methyl/N-ethyl adjacent to an activating group) is 1. The second-order valence-corrected chi connectivity index (χ2v) is 12.0. The monoisotopic (exact) mass is 576 g/mol. The van der Waals surface area contributed by atoms with Crippen molar-refractivity contribution in [1.29, 1.82) is 5.26 Å². The number of hydrogen-bond acceptors (Lipinski definition) is 6. The van der Waals surface area contributed by atoms with Gasteiger partial charge in [0.2, 0.25) is 0 Å². The number of hydrogen-bond donors (Lipinski definition) is 0. The standard InChI is InChI=1S/C35H40N6O2/c1-38-17-19-39(20-18-38)35(42)34-16-15-33(43-34)30-11-13-31(14-12-30)40(23-28-5-3-2-4-6-28)25-32-22-37-26-41(32)24-29-9-7-27(21-36)8-10-29/h7-16,22,26,28H,2-6,17-20,23-25H2,1H3. The van der Waals surface area contributed by atoms with Crippen LogP contribution < -0.4 is 4.90 Å².